The van der Waals surface area contributed by atoms with Crippen molar-refractivity contribution < 1.29 is 13.6 Å². The molecule has 2 aromatic rings. The van der Waals surface area contributed by atoms with Gasteiger partial charge in [0.25, 0.3) is 0 Å². The van der Waals surface area contributed by atoms with Crippen LogP contribution < -0.4 is 16.0 Å². The van der Waals surface area contributed by atoms with Crippen LogP contribution in [0.1, 0.15) is 24.0 Å². The largest absolute Gasteiger partial charge is 0.356 e. The second-order valence-corrected chi connectivity index (χ2v) is 7.27. The molecule has 0 unspecified atom stereocenters. The van der Waals surface area contributed by atoms with Crippen LogP contribution in [0.25, 0.3) is 0 Å². The van der Waals surface area contributed by atoms with Gasteiger partial charge in [0.1, 0.15) is 11.6 Å². The van der Waals surface area contributed by atoms with Gasteiger partial charge in [0.15, 0.2) is 5.96 Å². The smallest absolute Gasteiger partial charge is 0.224 e. The van der Waals surface area contributed by atoms with Crippen LogP contribution >= 0.6 is 0 Å². The highest BCUT2D eigenvalue weighted by molar-refractivity contribution is 5.80. The van der Waals surface area contributed by atoms with Crippen LogP contribution in [0.4, 0.5) is 8.78 Å². The first-order valence-corrected chi connectivity index (χ1v) is 9.73. The van der Waals surface area contributed by atoms with Gasteiger partial charge in [0, 0.05) is 32.1 Å². The molecule has 1 aliphatic rings. The summed E-state index contributed by atoms with van der Waals surface area (Å²) in [5, 5.41) is 9.21. The molecule has 3 N–H and O–H groups in total. The van der Waals surface area contributed by atoms with Gasteiger partial charge < -0.3 is 16.0 Å². The Bertz CT molecular complexity index is 863. The number of halogens is 2. The number of amides is 1. The van der Waals surface area contributed by atoms with Gasteiger partial charge in [0.2, 0.25) is 5.91 Å². The minimum absolute atomic E-state index is 0.127. The van der Waals surface area contributed by atoms with Crippen LogP contribution in [0, 0.1) is 11.6 Å². The van der Waals surface area contributed by atoms with Crippen molar-refractivity contribution in [1.29, 1.82) is 0 Å². The first-order valence-electron chi connectivity index (χ1n) is 9.73. The number of hydrogen-bond donors (Lipinski definition) is 3. The minimum atomic E-state index is -0.319. The lowest BCUT2D eigenvalue weighted by Gasteiger charge is -2.19. The summed E-state index contributed by atoms with van der Waals surface area (Å²) >= 11 is 0. The van der Waals surface area contributed by atoms with Crippen molar-refractivity contribution >= 4 is 11.9 Å². The molecule has 0 saturated heterocycles. The zero-order valence-electron chi connectivity index (χ0n) is 16.5. The lowest BCUT2D eigenvalue weighted by atomic mass is 9.95. The Morgan fingerprint density at radius 1 is 1.00 bits per heavy atom. The Kier molecular flexibility index (Phi) is 6.80. The van der Waals surface area contributed by atoms with Crippen molar-refractivity contribution in [2.45, 2.75) is 24.7 Å². The summed E-state index contributed by atoms with van der Waals surface area (Å²) in [4.78, 5) is 16.1. The number of hydrogen-bond acceptors (Lipinski definition) is 2. The molecule has 154 valence electrons. The molecule has 0 atom stereocenters. The fourth-order valence-electron chi connectivity index (χ4n) is 3.29. The van der Waals surface area contributed by atoms with Gasteiger partial charge in [-0.05, 0) is 42.2 Å². The van der Waals surface area contributed by atoms with Gasteiger partial charge in [-0.2, -0.15) is 0 Å². The number of guanidine groups is 1. The third-order valence-electron chi connectivity index (χ3n) is 5.13. The summed E-state index contributed by atoms with van der Waals surface area (Å²) in [6.07, 6.45) is 2.09. The predicted molar refractivity (Wildman–Crippen MR) is 110 cm³/mol. The van der Waals surface area contributed by atoms with Crippen LogP contribution in [0.5, 0.6) is 0 Å². The topological polar surface area (TPSA) is 65.5 Å². The van der Waals surface area contributed by atoms with Crippen molar-refractivity contribution in [2.75, 3.05) is 26.7 Å². The third-order valence-corrected chi connectivity index (χ3v) is 5.13. The lowest BCUT2D eigenvalue weighted by molar-refractivity contribution is -0.120. The molecule has 0 radical (unpaired) electrons. The predicted octanol–water partition coefficient (Wildman–Crippen LogP) is 2.52. The van der Waals surface area contributed by atoms with Gasteiger partial charge >= 0.3 is 0 Å². The molecule has 1 saturated carbocycles. The maximum absolute atomic E-state index is 14.1. The zero-order valence-corrected chi connectivity index (χ0v) is 16.5. The van der Waals surface area contributed by atoms with Gasteiger partial charge in [-0.15, -0.1) is 0 Å². The summed E-state index contributed by atoms with van der Waals surface area (Å²) in [6.45, 7) is 1.53. The summed E-state index contributed by atoms with van der Waals surface area (Å²) in [7, 11) is 1.67. The SMILES string of the molecule is CN=C(NCCNC(=O)Cc1ccc(F)cc1)NCC1(c2ccccc2F)CC1. The molecule has 2 aromatic carbocycles. The molecular formula is C22H26F2N4O. The number of aliphatic imine (C=N–C) groups is 1. The fraction of sp³-hybridized carbons (Fsp3) is 0.364. The zero-order chi connectivity index (χ0) is 20.7. The molecule has 29 heavy (non-hydrogen) atoms. The third kappa shape index (κ3) is 5.76. The maximum atomic E-state index is 14.1. The Hall–Kier alpha value is -2.96. The van der Waals surface area contributed by atoms with Crippen LogP contribution in [0.3, 0.4) is 0 Å². The number of rotatable bonds is 8. The minimum Gasteiger partial charge on any atom is -0.356 e. The molecule has 0 bridgehead atoms. The van der Waals surface area contributed by atoms with E-state index in [2.05, 4.69) is 20.9 Å². The molecule has 5 nitrogen and oxygen atoms in total. The molecule has 7 heteroatoms. The number of carbonyl (C=O) groups is 1. The van der Waals surface area contributed by atoms with E-state index in [1.807, 2.05) is 12.1 Å². The van der Waals surface area contributed by atoms with E-state index in [0.29, 0.717) is 25.6 Å². The van der Waals surface area contributed by atoms with E-state index in [1.165, 1.54) is 18.2 Å². The lowest BCUT2D eigenvalue weighted by Crippen LogP contribution is -2.44. The van der Waals surface area contributed by atoms with Crippen LogP contribution in [-0.4, -0.2) is 38.5 Å². The molecule has 0 heterocycles. The average molecular weight is 400 g/mol. The molecule has 0 aromatic heterocycles. The summed E-state index contributed by atoms with van der Waals surface area (Å²) in [5.41, 5.74) is 1.33. The summed E-state index contributed by atoms with van der Waals surface area (Å²) in [5.74, 6) is -0.00271. The Morgan fingerprint density at radius 3 is 2.34 bits per heavy atom. The molecule has 1 amide bonds. The van der Waals surface area contributed by atoms with Gasteiger partial charge in [-0.1, -0.05) is 30.3 Å². The van der Waals surface area contributed by atoms with E-state index in [1.54, 1.807) is 25.2 Å². The van der Waals surface area contributed by atoms with E-state index in [-0.39, 0.29) is 29.4 Å². The normalized spacial score (nSPS) is 14.9. The fourth-order valence-corrected chi connectivity index (χ4v) is 3.29. The van der Waals surface area contributed by atoms with Crippen LogP contribution in [0.2, 0.25) is 0 Å². The molecular weight excluding hydrogens is 374 g/mol. The number of benzene rings is 2. The molecule has 1 fully saturated rings. The van der Waals surface area contributed by atoms with E-state index >= 15 is 0 Å². The van der Waals surface area contributed by atoms with Crippen molar-refractivity contribution in [3.05, 3.63) is 71.3 Å². The van der Waals surface area contributed by atoms with Crippen molar-refractivity contribution in [3.8, 4) is 0 Å². The van der Waals surface area contributed by atoms with E-state index in [4.69, 9.17) is 0 Å². The first-order chi connectivity index (χ1) is 14.0. The second kappa shape index (κ2) is 9.49. The summed E-state index contributed by atoms with van der Waals surface area (Å²) < 4.78 is 27.0. The van der Waals surface area contributed by atoms with E-state index in [0.717, 1.165) is 24.0 Å². The highest BCUT2D eigenvalue weighted by Gasteiger charge is 2.45. The Balaban J connectivity index is 1.38. The van der Waals surface area contributed by atoms with E-state index in [9.17, 15) is 13.6 Å². The second-order valence-electron chi connectivity index (χ2n) is 7.27. The Labute approximate surface area is 169 Å². The van der Waals surface area contributed by atoms with Crippen LogP contribution in [0.15, 0.2) is 53.5 Å². The molecule has 1 aliphatic carbocycles. The first kappa shape index (κ1) is 20.8. The molecule has 0 spiro atoms. The highest BCUT2D eigenvalue weighted by Crippen LogP contribution is 2.48. The molecule has 0 aliphatic heterocycles. The number of nitrogens with zero attached hydrogens (tertiary/aromatic N) is 1. The van der Waals surface area contributed by atoms with Crippen LogP contribution in [-0.2, 0) is 16.6 Å². The number of carbonyl (C=O) groups excluding carboxylic acids is 1. The quantitative estimate of drug-likeness (QED) is 0.362. The van der Waals surface area contributed by atoms with Gasteiger partial charge in [0.05, 0.1) is 6.42 Å². The summed E-state index contributed by atoms with van der Waals surface area (Å²) in [6, 6.07) is 12.8. The van der Waals surface area contributed by atoms with Gasteiger partial charge in [-0.3, -0.25) is 9.79 Å². The maximum Gasteiger partial charge on any atom is 0.224 e. The van der Waals surface area contributed by atoms with E-state index < -0.39 is 0 Å². The standard InChI is InChI=1S/C22H26F2N4O/c1-25-21(28-15-22(10-11-22)18-4-2-3-5-19(18)24)27-13-12-26-20(29)14-16-6-8-17(23)9-7-16/h2-9H,10-15H2,1H3,(H,26,29)(H2,25,27,28). The van der Waals surface area contributed by atoms with Crippen molar-refractivity contribution in [3.63, 3.8) is 0 Å². The van der Waals surface area contributed by atoms with Crippen molar-refractivity contribution in [1.82, 2.24) is 16.0 Å². The Morgan fingerprint density at radius 2 is 1.69 bits per heavy atom. The average Bonchev–Trinajstić information content (AvgIpc) is 3.50. The van der Waals surface area contributed by atoms with Crippen molar-refractivity contribution in [2.24, 2.45) is 4.99 Å². The van der Waals surface area contributed by atoms with Gasteiger partial charge in [-0.25, -0.2) is 8.78 Å². The monoisotopic (exact) mass is 400 g/mol. The number of nitrogens with one attached hydrogen (secondary N) is 3. The highest BCUT2D eigenvalue weighted by atomic mass is 19.1. The molecule has 3 rings (SSSR count).